The van der Waals surface area contributed by atoms with Crippen LogP contribution in [-0.4, -0.2) is 29.0 Å². The molecule has 1 aliphatic rings. The summed E-state index contributed by atoms with van der Waals surface area (Å²) in [4.78, 5) is 17.0. The number of anilines is 1. The van der Waals surface area contributed by atoms with Crippen molar-refractivity contribution in [2.75, 3.05) is 18.0 Å². The van der Waals surface area contributed by atoms with E-state index in [-0.39, 0.29) is 11.7 Å². The van der Waals surface area contributed by atoms with Crippen molar-refractivity contribution >= 4 is 11.5 Å². The number of nitro groups is 1. The first-order chi connectivity index (χ1) is 9.56. The van der Waals surface area contributed by atoms with Gasteiger partial charge in [0.2, 0.25) is 0 Å². The van der Waals surface area contributed by atoms with E-state index in [0.29, 0.717) is 12.2 Å². The van der Waals surface area contributed by atoms with E-state index in [1.807, 2.05) is 0 Å². The first kappa shape index (κ1) is 14.7. The molecule has 2 atom stereocenters. The van der Waals surface area contributed by atoms with Crippen LogP contribution in [0.3, 0.4) is 0 Å². The summed E-state index contributed by atoms with van der Waals surface area (Å²) in [6.07, 6.45) is 3.38. The number of aromatic nitrogens is 1. The minimum absolute atomic E-state index is 0.0708. The lowest BCUT2D eigenvalue weighted by atomic mass is 9.89. The minimum atomic E-state index is -0.393. The Morgan fingerprint density at radius 3 is 2.85 bits per heavy atom. The molecule has 1 aromatic heterocycles. The average molecular weight is 278 g/mol. The highest BCUT2D eigenvalue weighted by Crippen LogP contribution is 2.29. The molecule has 2 N–H and O–H groups in total. The summed E-state index contributed by atoms with van der Waals surface area (Å²) in [6.45, 7) is 5.40. The van der Waals surface area contributed by atoms with Crippen LogP contribution in [-0.2, 0) is 0 Å². The molecule has 1 aromatic rings. The van der Waals surface area contributed by atoms with Gasteiger partial charge in [0.1, 0.15) is 11.5 Å². The number of hydrogen-bond donors (Lipinski definition) is 1. The fourth-order valence-electron chi connectivity index (χ4n) is 2.92. The van der Waals surface area contributed by atoms with Gasteiger partial charge in [0, 0.05) is 25.2 Å². The molecular weight excluding hydrogens is 256 g/mol. The molecule has 0 spiro atoms. The summed E-state index contributed by atoms with van der Waals surface area (Å²) >= 11 is 0. The third-order valence-electron chi connectivity index (χ3n) is 4.21. The Kier molecular flexibility index (Phi) is 4.54. The first-order valence-corrected chi connectivity index (χ1v) is 7.15. The highest BCUT2D eigenvalue weighted by molar-refractivity contribution is 5.48. The van der Waals surface area contributed by atoms with Crippen LogP contribution in [0.1, 0.15) is 31.9 Å². The number of aryl methyl sites for hydroxylation is 1. The van der Waals surface area contributed by atoms with Crippen LogP contribution in [0.2, 0.25) is 0 Å². The van der Waals surface area contributed by atoms with Gasteiger partial charge in [0.05, 0.1) is 4.92 Å². The van der Waals surface area contributed by atoms with E-state index in [1.165, 1.54) is 12.5 Å². The zero-order chi connectivity index (χ0) is 14.7. The van der Waals surface area contributed by atoms with Crippen LogP contribution < -0.4 is 10.6 Å². The maximum Gasteiger partial charge on any atom is 0.290 e. The van der Waals surface area contributed by atoms with E-state index in [2.05, 4.69) is 16.8 Å². The molecule has 2 rings (SSSR count). The second kappa shape index (κ2) is 6.17. The van der Waals surface area contributed by atoms with Gasteiger partial charge in [-0.3, -0.25) is 10.1 Å². The van der Waals surface area contributed by atoms with E-state index in [0.717, 1.165) is 31.1 Å². The largest absolute Gasteiger partial charge is 0.352 e. The minimum Gasteiger partial charge on any atom is -0.352 e. The fraction of sp³-hybridized carbons (Fsp3) is 0.643. The van der Waals surface area contributed by atoms with Crippen LogP contribution in [0.25, 0.3) is 0 Å². The van der Waals surface area contributed by atoms with Crippen molar-refractivity contribution in [2.24, 2.45) is 11.7 Å². The third kappa shape index (κ3) is 2.90. The Hall–Kier alpha value is -1.69. The lowest BCUT2D eigenvalue weighted by molar-refractivity contribution is -0.385. The van der Waals surface area contributed by atoms with Crippen molar-refractivity contribution in [1.29, 1.82) is 0 Å². The number of pyridine rings is 1. The summed E-state index contributed by atoms with van der Waals surface area (Å²) < 4.78 is 0. The Morgan fingerprint density at radius 1 is 1.55 bits per heavy atom. The van der Waals surface area contributed by atoms with Crippen LogP contribution in [0.15, 0.2) is 12.1 Å². The molecule has 2 unspecified atom stereocenters. The van der Waals surface area contributed by atoms with Gasteiger partial charge >= 0.3 is 0 Å². The van der Waals surface area contributed by atoms with E-state index < -0.39 is 4.92 Å². The van der Waals surface area contributed by atoms with E-state index in [9.17, 15) is 10.1 Å². The Labute approximate surface area is 119 Å². The second-order valence-electron chi connectivity index (χ2n) is 5.41. The SMILES string of the molecule is CCC1CCN(c2ccc([N+](=O)[O-])c(C)n2)C(CN)C1. The van der Waals surface area contributed by atoms with Crippen LogP contribution >= 0.6 is 0 Å². The van der Waals surface area contributed by atoms with Crippen molar-refractivity contribution < 1.29 is 4.92 Å². The summed E-state index contributed by atoms with van der Waals surface area (Å²) in [5, 5.41) is 10.8. The number of hydrogen-bond acceptors (Lipinski definition) is 5. The van der Waals surface area contributed by atoms with Crippen molar-refractivity contribution in [3.63, 3.8) is 0 Å². The van der Waals surface area contributed by atoms with Crippen LogP contribution in [0.4, 0.5) is 11.5 Å². The second-order valence-corrected chi connectivity index (χ2v) is 5.41. The zero-order valence-electron chi connectivity index (χ0n) is 12.1. The molecule has 1 saturated heterocycles. The average Bonchev–Trinajstić information content (AvgIpc) is 2.46. The molecular formula is C14H22N4O2. The highest BCUT2D eigenvalue weighted by atomic mass is 16.6. The van der Waals surface area contributed by atoms with Gasteiger partial charge in [0.15, 0.2) is 0 Å². The molecule has 0 bridgehead atoms. The number of piperidine rings is 1. The normalized spacial score (nSPS) is 22.9. The molecule has 0 radical (unpaired) electrons. The predicted molar refractivity (Wildman–Crippen MR) is 78.8 cm³/mol. The van der Waals surface area contributed by atoms with E-state index in [4.69, 9.17) is 5.73 Å². The highest BCUT2D eigenvalue weighted by Gasteiger charge is 2.28. The van der Waals surface area contributed by atoms with Gasteiger partial charge in [-0.15, -0.1) is 0 Å². The van der Waals surface area contributed by atoms with Crippen molar-refractivity contribution in [2.45, 2.75) is 39.2 Å². The molecule has 1 fully saturated rings. The zero-order valence-corrected chi connectivity index (χ0v) is 12.1. The van der Waals surface area contributed by atoms with Crippen molar-refractivity contribution in [3.8, 4) is 0 Å². The molecule has 0 amide bonds. The fourth-order valence-corrected chi connectivity index (χ4v) is 2.92. The molecule has 0 aliphatic carbocycles. The monoisotopic (exact) mass is 278 g/mol. The number of nitrogens with two attached hydrogens (primary N) is 1. The lowest BCUT2D eigenvalue weighted by Crippen LogP contribution is -2.47. The number of rotatable bonds is 4. The van der Waals surface area contributed by atoms with Crippen LogP contribution in [0, 0.1) is 23.0 Å². The Morgan fingerprint density at radius 2 is 2.30 bits per heavy atom. The first-order valence-electron chi connectivity index (χ1n) is 7.15. The summed E-state index contributed by atoms with van der Waals surface area (Å²) in [7, 11) is 0. The smallest absolute Gasteiger partial charge is 0.290 e. The van der Waals surface area contributed by atoms with Crippen LogP contribution in [0.5, 0.6) is 0 Å². The van der Waals surface area contributed by atoms with Gasteiger partial charge in [-0.05, 0) is 31.7 Å². The van der Waals surface area contributed by atoms with E-state index >= 15 is 0 Å². The third-order valence-corrected chi connectivity index (χ3v) is 4.21. The molecule has 20 heavy (non-hydrogen) atoms. The summed E-state index contributed by atoms with van der Waals surface area (Å²) in [5.74, 6) is 1.53. The maximum absolute atomic E-state index is 10.8. The van der Waals surface area contributed by atoms with Gasteiger partial charge < -0.3 is 10.6 Å². The van der Waals surface area contributed by atoms with Crippen molar-refractivity contribution in [3.05, 3.63) is 27.9 Å². The summed E-state index contributed by atoms with van der Waals surface area (Å²) in [6, 6.07) is 3.55. The standard InChI is InChI=1S/C14H22N4O2/c1-3-11-6-7-17(12(8-11)9-15)14-5-4-13(18(19)20)10(2)16-14/h4-5,11-12H,3,6-9,15H2,1-2H3. The topological polar surface area (TPSA) is 85.3 Å². The van der Waals surface area contributed by atoms with Crippen molar-refractivity contribution in [1.82, 2.24) is 4.98 Å². The lowest BCUT2D eigenvalue weighted by Gasteiger charge is -2.39. The predicted octanol–water partition coefficient (Wildman–Crippen LogP) is 2.25. The molecule has 0 saturated carbocycles. The number of nitrogens with zero attached hydrogens (tertiary/aromatic N) is 3. The molecule has 6 nitrogen and oxygen atoms in total. The maximum atomic E-state index is 10.8. The molecule has 0 aromatic carbocycles. The van der Waals surface area contributed by atoms with Gasteiger partial charge in [-0.1, -0.05) is 13.3 Å². The molecule has 6 heteroatoms. The molecule has 110 valence electrons. The Balaban J connectivity index is 2.22. The van der Waals surface area contributed by atoms with Gasteiger partial charge in [-0.25, -0.2) is 4.98 Å². The van der Waals surface area contributed by atoms with E-state index in [1.54, 1.807) is 13.0 Å². The molecule has 2 heterocycles. The van der Waals surface area contributed by atoms with Gasteiger partial charge in [0.25, 0.3) is 5.69 Å². The molecule has 1 aliphatic heterocycles. The Bertz CT molecular complexity index is 492. The quantitative estimate of drug-likeness (QED) is 0.674. The summed E-state index contributed by atoms with van der Waals surface area (Å²) in [5.41, 5.74) is 6.42. The van der Waals surface area contributed by atoms with Gasteiger partial charge in [-0.2, -0.15) is 0 Å².